The quantitative estimate of drug-likeness (QED) is 0.798. The van der Waals surface area contributed by atoms with Crippen LogP contribution in [0.15, 0.2) is 29.3 Å². The van der Waals surface area contributed by atoms with E-state index < -0.39 is 23.7 Å². The average Bonchev–Trinajstić information content (AvgIpc) is 2.73. The number of imide groups is 1. The monoisotopic (exact) mass is 287 g/mol. The second-order valence-electron chi connectivity index (χ2n) is 4.93. The standard InChI is InChI=1S/C14H13N3O4/c15-11-6-5-8(7-16-11)14(20)21-17-12(18)9-3-1-2-4-10(9)13(17)19/h1-4,8H,5-7H2,(H2,15,16). The van der Waals surface area contributed by atoms with Gasteiger partial charge in [0.15, 0.2) is 0 Å². The molecule has 3 rings (SSSR count). The molecule has 2 heterocycles. The van der Waals surface area contributed by atoms with Gasteiger partial charge in [0.2, 0.25) is 0 Å². The Morgan fingerprint density at radius 3 is 2.38 bits per heavy atom. The molecule has 2 aliphatic rings. The van der Waals surface area contributed by atoms with Crippen LogP contribution in [0.1, 0.15) is 33.6 Å². The van der Waals surface area contributed by atoms with E-state index >= 15 is 0 Å². The zero-order valence-corrected chi connectivity index (χ0v) is 11.1. The number of amidine groups is 1. The van der Waals surface area contributed by atoms with Gasteiger partial charge in [-0.2, -0.15) is 0 Å². The van der Waals surface area contributed by atoms with E-state index in [1.54, 1.807) is 12.1 Å². The third-order valence-electron chi connectivity index (χ3n) is 3.54. The van der Waals surface area contributed by atoms with E-state index in [1.807, 2.05) is 0 Å². The van der Waals surface area contributed by atoms with Crippen LogP contribution in [0.5, 0.6) is 0 Å². The first-order chi connectivity index (χ1) is 10.1. The third-order valence-corrected chi connectivity index (χ3v) is 3.54. The number of hydrogen-bond donors (Lipinski definition) is 1. The Morgan fingerprint density at radius 1 is 1.24 bits per heavy atom. The summed E-state index contributed by atoms with van der Waals surface area (Å²) in [6.45, 7) is 0.216. The number of hydroxylamine groups is 2. The molecule has 0 fully saturated rings. The van der Waals surface area contributed by atoms with E-state index in [9.17, 15) is 14.4 Å². The highest BCUT2D eigenvalue weighted by atomic mass is 16.7. The second kappa shape index (κ2) is 5.01. The fourth-order valence-corrected chi connectivity index (χ4v) is 2.33. The van der Waals surface area contributed by atoms with Gasteiger partial charge in [-0.15, -0.1) is 0 Å². The van der Waals surface area contributed by atoms with Crippen LogP contribution in [0.4, 0.5) is 0 Å². The zero-order chi connectivity index (χ0) is 15.0. The predicted molar refractivity (Wildman–Crippen MR) is 72.2 cm³/mol. The minimum atomic E-state index is -0.638. The Hall–Kier alpha value is -2.70. The molecule has 1 aromatic rings. The molecule has 2 amide bonds. The molecule has 108 valence electrons. The normalized spacial score (nSPS) is 21.0. The molecule has 2 aliphatic heterocycles. The summed E-state index contributed by atoms with van der Waals surface area (Å²) in [4.78, 5) is 45.1. The lowest BCUT2D eigenvalue weighted by molar-refractivity contribution is -0.173. The number of rotatable bonds is 2. The summed E-state index contributed by atoms with van der Waals surface area (Å²) >= 11 is 0. The summed E-state index contributed by atoms with van der Waals surface area (Å²) < 4.78 is 0. The molecule has 0 aliphatic carbocycles. The van der Waals surface area contributed by atoms with Gasteiger partial charge >= 0.3 is 5.97 Å². The van der Waals surface area contributed by atoms with Gasteiger partial charge in [0, 0.05) is 6.42 Å². The van der Waals surface area contributed by atoms with Gasteiger partial charge in [0.1, 0.15) is 0 Å². The molecular formula is C14H13N3O4. The maximum atomic E-state index is 12.1. The van der Waals surface area contributed by atoms with E-state index in [2.05, 4.69) is 4.99 Å². The Bertz CT molecular complexity index is 633. The highest BCUT2D eigenvalue weighted by Crippen LogP contribution is 2.24. The Labute approximate surface area is 120 Å². The van der Waals surface area contributed by atoms with Crippen molar-refractivity contribution in [3.8, 4) is 0 Å². The Morgan fingerprint density at radius 2 is 1.86 bits per heavy atom. The van der Waals surface area contributed by atoms with Crippen LogP contribution in [0.25, 0.3) is 0 Å². The minimum absolute atomic E-state index is 0.216. The summed E-state index contributed by atoms with van der Waals surface area (Å²) in [6, 6.07) is 6.34. The van der Waals surface area contributed by atoms with Crippen LogP contribution in [-0.4, -0.2) is 35.2 Å². The van der Waals surface area contributed by atoms with E-state index in [-0.39, 0.29) is 17.7 Å². The van der Waals surface area contributed by atoms with E-state index in [0.717, 1.165) is 0 Å². The van der Waals surface area contributed by atoms with Crippen molar-refractivity contribution in [2.45, 2.75) is 12.8 Å². The number of carbonyl (C=O) groups excluding carboxylic acids is 3. The zero-order valence-electron chi connectivity index (χ0n) is 11.1. The molecule has 0 saturated carbocycles. The number of fused-ring (bicyclic) bond motifs is 1. The van der Waals surface area contributed by atoms with Crippen molar-refractivity contribution in [2.75, 3.05) is 6.54 Å². The molecule has 0 spiro atoms. The van der Waals surface area contributed by atoms with Crippen LogP contribution in [0, 0.1) is 5.92 Å². The van der Waals surface area contributed by atoms with Gasteiger partial charge in [-0.25, -0.2) is 4.79 Å². The molecule has 0 saturated heterocycles. The molecule has 1 unspecified atom stereocenters. The van der Waals surface area contributed by atoms with Crippen molar-refractivity contribution >= 4 is 23.6 Å². The fourth-order valence-electron chi connectivity index (χ4n) is 2.33. The van der Waals surface area contributed by atoms with Crippen LogP contribution < -0.4 is 5.73 Å². The minimum Gasteiger partial charge on any atom is -0.387 e. The summed E-state index contributed by atoms with van der Waals surface area (Å²) in [6.07, 6.45) is 0.999. The summed E-state index contributed by atoms with van der Waals surface area (Å²) in [7, 11) is 0. The fraction of sp³-hybridized carbons (Fsp3) is 0.286. The summed E-state index contributed by atoms with van der Waals surface area (Å²) in [5, 5.41) is 0.522. The first-order valence-corrected chi connectivity index (χ1v) is 6.56. The van der Waals surface area contributed by atoms with Gasteiger partial charge in [-0.1, -0.05) is 17.2 Å². The first-order valence-electron chi connectivity index (χ1n) is 6.56. The van der Waals surface area contributed by atoms with Crippen LogP contribution in [0.3, 0.4) is 0 Å². The lowest BCUT2D eigenvalue weighted by Crippen LogP contribution is -2.37. The maximum absolute atomic E-state index is 12.1. The predicted octanol–water partition coefficient (Wildman–Crippen LogP) is 0.508. The number of benzene rings is 1. The van der Waals surface area contributed by atoms with Crippen molar-refractivity contribution in [3.05, 3.63) is 35.4 Å². The third kappa shape index (κ3) is 2.26. The number of nitrogens with zero attached hydrogens (tertiary/aromatic N) is 2. The van der Waals surface area contributed by atoms with Crippen LogP contribution >= 0.6 is 0 Å². The van der Waals surface area contributed by atoms with Gasteiger partial charge < -0.3 is 10.6 Å². The van der Waals surface area contributed by atoms with Crippen molar-refractivity contribution in [3.63, 3.8) is 0 Å². The van der Waals surface area contributed by atoms with Crippen molar-refractivity contribution in [1.82, 2.24) is 5.06 Å². The summed E-state index contributed by atoms with van der Waals surface area (Å²) in [5.41, 5.74) is 6.02. The van der Waals surface area contributed by atoms with Crippen molar-refractivity contribution in [1.29, 1.82) is 0 Å². The molecule has 0 aromatic heterocycles. The maximum Gasteiger partial charge on any atom is 0.338 e. The second-order valence-corrected chi connectivity index (χ2v) is 4.93. The number of nitrogens with two attached hydrogens (primary N) is 1. The van der Waals surface area contributed by atoms with Crippen LogP contribution in [-0.2, 0) is 9.63 Å². The molecule has 1 atom stereocenters. The molecule has 1 aromatic carbocycles. The average molecular weight is 287 g/mol. The van der Waals surface area contributed by atoms with Gasteiger partial charge in [-0.05, 0) is 18.6 Å². The van der Waals surface area contributed by atoms with Crippen LogP contribution in [0.2, 0.25) is 0 Å². The lowest BCUT2D eigenvalue weighted by Gasteiger charge is -2.20. The molecular weight excluding hydrogens is 274 g/mol. The largest absolute Gasteiger partial charge is 0.387 e. The highest BCUT2D eigenvalue weighted by Gasteiger charge is 2.39. The number of amides is 2. The highest BCUT2D eigenvalue weighted by molar-refractivity contribution is 6.20. The molecule has 7 heteroatoms. The van der Waals surface area contributed by atoms with Gasteiger partial charge in [-0.3, -0.25) is 14.6 Å². The van der Waals surface area contributed by atoms with E-state index in [0.29, 0.717) is 23.7 Å². The Balaban J connectivity index is 1.74. The van der Waals surface area contributed by atoms with Crippen molar-refractivity contribution in [2.24, 2.45) is 16.6 Å². The van der Waals surface area contributed by atoms with Gasteiger partial charge in [0.05, 0.1) is 29.4 Å². The first kappa shape index (κ1) is 13.3. The smallest absolute Gasteiger partial charge is 0.338 e. The number of aliphatic imine (C=N–C) groups is 1. The number of carbonyl (C=O) groups is 3. The van der Waals surface area contributed by atoms with Crippen molar-refractivity contribution < 1.29 is 19.2 Å². The SMILES string of the molecule is NC1=NCC(C(=O)ON2C(=O)c3ccccc3C2=O)CC1. The topological polar surface area (TPSA) is 102 Å². The molecule has 0 radical (unpaired) electrons. The summed E-state index contributed by atoms with van der Waals surface area (Å²) in [5.74, 6) is -1.87. The Kier molecular flexibility index (Phi) is 3.17. The molecule has 7 nitrogen and oxygen atoms in total. The number of hydrogen-bond acceptors (Lipinski definition) is 6. The van der Waals surface area contributed by atoms with E-state index in [4.69, 9.17) is 10.6 Å². The lowest BCUT2D eigenvalue weighted by atomic mass is 10.0. The van der Waals surface area contributed by atoms with E-state index in [1.165, 1.54) is 12.1 Å². The molecule has 0 bridgehead atoms. The molecule has 2 N–H and O–H groups in total. The molecule has 21 heavy (non-hydrogen) atoms. The van der Waals surface area contributed by atoms with Gasteiger partial charge in [0.25, 0.3) is 11.8 Å².